The van der Waals surface area contributed by atoms with Crippen molar-refractivity contribution < 1.29 is 4.42 Å². The van der Waals surface area contributed by atoms with Crippen molar-refractivity contribution in [3.63, 3.8) is 0 Å². The number of hydrogen-bond donors (Lipinski definition) is 0. The summed E-state index contributed by atoms with van der Waals surface area (Å²) in [5.74, 6) is 0. The highest BCUT2D eigenvalue weighted by atomic mass is 16.3. The van der Waals surface area contributed by atoms with E-state index in [0.29, 0.717) is 0 Å². The molecule has 0 bridgehead atoms. The largest absolute Gasteiger partial charge is 0.456 e. The molecule has 0 fully saturated rings. The van der Waals surface area contributed by atoms with E-state index in [2.05, 4.69) is 170 Å². The topological polar surface area (TPSA) is 13.1 Å². The number of benzene rings is 9. The molecule has 0 aliphatic heterocycles. The average Bonchev–Trinajstić information content (AvgIpc) is 3.52. The van der Waals surface area contributed by atoms with Crippen molar-refractivity contribution in [2.45, 2.75) is 0 Å². The fourth-order valence-corrected chi connectivity index (χ4v) is 7.74. The van der Waals surface area contributed by atoms with Gasteiger partial charge >= 0.3 is 0 Å². The summed E-state index contributed by atoms with van der Waals surface area (Å²) in [5, 5.41) is 12.3. The standard InChI is InChI=1S/C46H28O/c1-2-12-30(13-3-1)44-36-15-6-8-17-38(36)45(39-18-9-7-16-37(39)44)40-19-10-20-43-46(40)41-28-32(24-26-42(41)47-43)31-23-25-35-33(27-31)22-21-29-11-4-5-14-34(29)35/h1-28H. The highest BCUT2D eigenvalue weighted by Crippen LogP contribution is 2.47. The predicted octanol–water partition coefficient (Wildman–Crippen LogP) is 13.2. The molecule has 0 N–H and O–H groups in total. The molecule has 47 heavy (non-hydrogen) atoms. The fraction of sp³-hybridized carbons (Fsp3) is 0. The van der Waals surface area contributed by atoms with Gasteiger partial charge in [-0.25, -0.2) is 0 Å². The van der Waals surface area contributed by atoms with Crippen LogP contribution in [0.4, 0.5) is 0 Å². The van der Waals surface area contributed by atoms with E-state index in [0.717, 1.165) is 21.9 Å². The minimum absolute atomic E-state index is 0.900. The molecule has 0 spiro atoms. The first-order valence-corrected chi connectivity index (χ1v) is 16.2. The number of fused-ring (bicyclic) bond motifs is 8. The Morgan fingerprint density at radius 1 is 0.298 bits per heavy atom. The van der Waals surface area contributed by atoms with E-state index < -0.39 is 0 Å². The van der Waals surface area contributed by atoms with Crippen LogP contribution in [-0.4, -0.2) is 0 Å². The van der Waals surface area contributed by atoms with Crippen molar-refractivity contribution >= 4 is 65.0 Å². The summed E-state index contributed by atoms with van der Waals surface area (Å²) >= 11 is 0. The van der Waals surface area contributed by atoms with Crippen LogP contribution in [0.15, 0.2) is 174 Å². The first kappa shape index (κ1) is 26.1. The molecule has 0 saturated heterocycles. The lowest BCUT2D eigenvalue weighted by molar-refractivity contribution is 0.669. The van der Waals surface area contributed by atoms with Crippen molar-refractivity contribution in [1.82, 2.24) is 0 Å². The first-order valence-electron chi connectivity index (χ1n) is 16.2. The van der Waals surface area contributed by atoms with E-state index in [4.69, 9.17) is 4.42 Å². The molecule has 10 rings (SSSR count). The van der Waals surface area contributed by atoms with Crippen LogP contribution in [0.1, 0.15) is 0 Å². The van der Waals surface area contributed by atoms with Crippen molar-refractivity contribution in [3.8, 4) is 33.4 Å². The van der Waals surface area contributed by atoms with Crippen LogP contribution in [0.2, 0.25) is 0 Å². The van der Waals surface area contributed by atoms with Gasteiger partial charge < -0.3 is 4.42 Å². The molecule has 1 heterocycles. The van der Waals surface area contributed by atoms with Gasteiger partial charge in [0.2, 0.25) is 0 Å². The molecule has 9 aromatic carbocycles. The second-order valence-corrected chi connectivity index (χ2v) is 12.4. The molecule has 0 unspecified atom stereocenters. The van der Waals surface area contributed by atoms with E-state index in [1.165, 1.54) is 76.5 Å². The van der Waals surface area contributed by atoms with Crippen LogP contribution in [0.25, 0.3) is 98.4 Å². The number of furan rings is 1. The monoisotopic (exact) mass is 596 g/mol. The van der Waals surface area contributed by atoms with Crippen LogP contribution >= 0.6 is 0 Å². The molecule has 10 aromatic rings. The second-order valence-electron chi connectivity index (χ2n) is 12.4. The van der Waals surface area contributed by atoms with Crippen molar-refractivity contribution in [2.24, 2.45) is 0 Å². The van der Waals surface area contributed by atoms with Gasteiger partial charge in [-0.1, -0.05) is 146 Å². The SMILES string of the molecule is c1ccc(-c2c3ccccc3c(-c3cccc4oc5ccc(-c6ccc7c(ccc8ccccc87)c6)cc5c34)c3ccccc23)cc1. The third-order valence-corrected chi connectivity index (χ3v) is 9.84. The van der Waals surface area contributed by atoms with E-state index in [1.807, 2.05) is 0 Å². The molecule has 0 atom stereocenters. The lowest BCUT2D eigenvalue weighted by atomic mass is 9.85. The second kappa shape index (κ2) is 10.2. The van der Waals surface area contributed by atoms with Crippen molar-refractivity contribution in [2.75, 3.05) is 0 Å². The maximum Gasteiger partial charge on any atom is 0.136 e. The highest BCUT2D eigenvalue weighted by Gasteiger charge is 2.20. The average molecular weight is 597 g/mol. The van der Waals surface area contributed by atoms with E-state index in [-0.39, 0.29) is 0 Å². The van der Waals surface area contributed by atoms with E-state index in [1.54, 1.807) is 0 Å². The molecule has 1 heteroatoms. The molecular weight excluding hydrogens is 569 g/mol. The zero-order chi connectivity index (χ0) is 30.9. The summed E-state index contributed by atoms with van der Waals surface area (Å²) in [4.78, 5) is 0. The third-order valence-electron chi connectivity index (χ3n) is 9.84. The third kappa shape index (κ3) is 3.97. The Kier molecular flexibility index (Phi) is 5.64. The van der Waals surface area contributed by atoms with Crippen molar-refractivity contribution in [3.05, 3.63) is 170 Å². The zero-order valence-corrected chi connectivity index (χ0v) is 25.6. The number of hydrogen-bond acceptors (Lipinski definition) is 1. The van der Waals surface area contributed by atoms with Gasteiger partial charge in [-0.15, -0.1) is 0 Å². The Labute approximate surface area is 271 Å². The van der Waals surface area contributed by atoms with Crippen LogP contribution < -0.4 is 0 Å². The smallest absolute Gasteiger partial charge is 0.136 e. The van der Waals surface area contributed by atoms with Crippen LogP contribution in [-0.2, 0) is 0 Å². The lowest BCUT2D eigenvalue weighted by Gasteiger charge is -2.18. The summed E-state index contributed by atoms with van der Waals surface area (Å²) in [6.07, 6.45) is 0. The Morgan fingerprint density at radius 2 is 0.894 bits per heavy atom. The van der Waals surface area contributed by atoms with Gasteiger partial charge in [0, 0.05) is 10.8 Å². The minimum Gasteiger partial charge on any atom is -0.456 e. The minimum atomic E-state index is 0.900. The Morgan fingerprint density at radius 3 is 1.66 bits per heavy atom. The quantitative estimate of drug-likeness (QED) is 0.146. The summed E-state index contributed by atoms with van der Waals surface area (Å²) in [6.45, 7) is 0. The zero-order valence-electron chi connectivity index (χ0n) is 25.6. The highest BCUT2D eigenvalue weighted by molar-refractivity contribution is 6.25. The van der Waals surface area contributed by atoms with Crippen LogP contribution in [0.3, 0.4) is 0 Å². The summed E-state index contributed by atoms with van der Waals surface area (Å²) in [7, 11) is 0. The van der Waals surface area contributed by atoms with Gasteiger partial charge in [0.15, 0.2) is 0 Å². The van der Waals surface area contributed by atoms with E-state index >= 15 is 0 Å². The van der Waals surface area contributed by atoms with Gasteiger partial charge in [-0.3, -0.25) is 0 Å². The summed E-state index contributed by atoms with van der Waals surface area (Å²) in [6, 6.07) is 61.5. The predicted molar refractivity (Wildman–Crippen MR) is 200 cm³/mol. The fourth-order valence-electron chi connectivity index (χ4n) is 7.74. The molecule has 1 nitrogen and oxygen atoms in total. The molecule has 0 aliphatic rings. The number of rotatable bonds is 3. The van der Waals surface area contributed by atoms with Gasteiger partial charge in [-0.05, 0) is 101 Å². The van der Waals surface area contributed by atoms with Gasteiger partial charge in [-0.2, -0.15) is 0 Å². The van der Waals surface area contributed by atoms with Crippen LogP contribution in [0.5, 0.6) is 0 Å². The molecule has 0 amide bonds. The summed E-state index contributed by atoms with van der Waals surface area (Å²) < 4.78 is 6.54. The van der Waals surface area contributed by atoms with Gasteiger partial charge in [0.25, 0.3) is 0 Å². The maximum atomic E-state index is 6.54. The van der Waals surface area contributed by atoms with Crippen molar-refractivity contribution in [1.29, 1.82) is 0 Å². The van der Waals surface area contributed by atoms with Crippen LogP contribution in [0, 0.1) is 0 Å². The van der Waals surface area contributed by atoms with Gasteiger partial charge in [0.05, 0.1) is 0 Å². The lowest BCUT2D eigenvalue weighted by Crippen LogP contribution is -1.91. The molecule has 218 valence electrons. The Balaban J connectivity index is 1.24. The molecule has 0 aliphatic carbocycles. The van der Waals surface area contributed by atoms with Gasteiger partial charge in [0.1, 0.15) is 11.2 Å². The van der Waals surface area contributed by atoms with E-state index in [9.17, 15) is 0 Å². The first-order chi connectivity index (χ1) is 23.3. The Hall–Kier alpha value is -6.18. The maximum absolute atomic E-state index is 6.54. The molecule has 0 radical (unpaired) electrons. The molecular formula is C46H28O. The Bertz CT molecular complexity index is 2780. The normalized spacial score (nSPS) is 11.8. The molecule has 1 aromatic heterocycles. The summed E-state index contributed by atoms with van der Waals surface area (Å²) in [5.41, 5.74) is 9.12. The molecule has 0 saturated carbocycles.